The van der Waals surface area contributed by atoms with Crippen molar-refractivity contribution in [3.05, 3.63) is 70.6 Å². The molecule has 4 rings (SSSR count). The van der Waals surface area contributed by atoms with E-state index < -0.39 is 0 Å². The normalized spacial score (nSPS) is 16.7. The monoisotopic (exact) mass is 361 g/mol. The molecule has 0 aliphatic carbocycles. The first-order valence-electron chi connectivity index (χ1n) is 9.32. The molecular formula is C22H23N3O2. The first-order chi connectivity index (χ1) is 13.0. The van der Waals surface area contributed by atoms with Gasteiger partial charge in [-0.2, -0.15) is 4.98 Å². The minimum atomic E-state index is -0.162. The zero-order valence-electron chi connectivity index (χ0n) is 15.9. The van der Waals surface area contributed by atoms with E-state index in [-0.39, 0.29) is 11.9 Å². The van der Waals surface area contributed by atoms with Crippen molar-refractivity contribution < 1.29 is 9.32 Å². The summed E-state index contributed by atoms with van der Waals surface area (Å²) in [5.41, 5.74) is 5.09. The average Bonchev–Trinajstić information content (AvgIpc) is 3.32. The molecule has 0 N–H and O–H groups in total. The van der Waals surface area contributed by atoms with Gasteiger partial charge in [0.2, 0.25) is 11.7 Å². The lowest BCUT2D eigenvalue weighted by molar-refractivity contribution is 0.0710. The quantitative estimate of drug-likeness (QED) is 0.682. The van der Waals surface area contributed by atoms with Crippen molar-refractivity contribution in [2.75, 3.05) is 6.54 Å². The number of aromatic nitrogens is 2. The van der Waals surface area contributed by atoms with Gasteiger partial charge in [-0.05, 0) is 62.9 Å². The van der Waals surface area contributed by atoms with E-state index in [0.717, 1.165) is 29.5 Å². The van der Waals surface area contributed by atoms with Gasteiger partial charge >= 0.3 is 0 Å². The maximum atomic E-state index is 13.1. The topological polar surface area (TPSA) is 59.2 Å². The molecule has 2 heterocycles. The third-order valence-electron chi connectivity index (χ3n) is 5.27. The number of amides is 1. The zero-order valence-corrected chi connectivity index (χ0v) is 15.9. The molecule has 27 heavy (non-hydrogen) atoms. The third-order valence-corrected chi connectivity index (χ3v) is 5.27. The van der Waals surface area contributed by atoms with E-state index in [1.807, 2.05) is 68.1 Å². The summed E-state index contributed by atoms with van der Waals surface area (Å²) in [6.07, 6.45) is 1.77. The lowest BCUT2D eigenvalue weighted by Gasteiger charge is -2.22. The van der Waals surface area contributed by atoms with Crippen LogP contribution in [0.5, 0.6) is 0 Å². The van der Waals surface area contributed by atoms with Gasteiger partial charge in [-0.25, -0.2) is 0 Å². The summed E-state index contributed by atoms with van der Waals surface area (Å²) in [6, 6.07) is 13.7. The minimum Gasteiger partial charge on any atom is -0.337 e. The molecule has 1 amide bonds. The summed E-state index contributed by atoms with van der Waals surface area (Å²) in [5.74, 6) is 1.11. The number of carbonyl (C=O) groups excluding carboxylic acids is 1. The molecule has 0 bridgehead atoms. The van der Waals surface area contributed by atoms with Crippen LogP contribution in [0.4, 0.5) is 0 Å². The first-order valence-corrected chi connectivity index (χ1v) is 9.32. The number of benzene rings is 2. The minimum absolute atomic E-state index is 0.0240. The summed E-state index contributed by atoms with van der Waals surface area (Å²) in [5, 5.41) is 4.14. The maximum absolute atomic E-state index is 13.1. The Labute approximate surface area is 159 Å². The number of rotatable bonds is 3. The van der Waals surface area contributed by atoms with E-state index in [4.69, 9.17) is 4.52 Å². The number of carbonyl (C=O) groups is 1. The van der Waals surface area contributed by atoms with Gasteiger partial charge in [-0.15, -0.1) is 0 Å². The van der Waals surface area contributed by atoms with E-state index in [1.54, 1.807) is 0 Å². The Kier molecular flexibility index (Phi) is 4.52. The van der Waals surface area contributed by atoms with Crippen molar-refractivity contribution in [3.8, 4) is 11.4 Å². The molecule has 138 valence electrons. The van der Waals surface area contributed by atoms with Crippen LogP contribution in [0.15, 0.2) is 47.0 Å². The SMILES string of the molecule is Cc1cccc(-c2noc([C@H]3CCCN3C(=O)c3ccc(C)c(C)c3)n2)c1. The molecule has 1 aliphatic rings. The Bertz CT molecular complexity index is 993. The van der Waals surface area contributed by atoms with E-state index in [2.05, 4.69) is 10.1 Å². The van der Waals surface area contributed by atoms with E-state index in [1.165, 1.54) is 5.56 Å². The van der Waals surface area contributed by atoms with Crippen molar-refractivity contribution in [1.82, 2.24) is 15.0 Å². The summed E-state index contributed by atoms with van der Waals surface area (Å²) < 4.78 is 5.55. The van der Waals surface area contributed by atoms with Gasteiger partial charge in [0.15, 0.2) is 0 Å². The molecule has 1 aliphatic heterocycles. The molecular weight excluding hydrogens is 338 g/mol. The fourth-order valence-electron chi connectivity index (χ4n) is 3.58. The van der Waals surface area contributed by atoms with Crippen LogP contribution in [-0.4, -0.2) is 27.5 Å². The van der Waals surface area contributed by atoms with Gasteiger partial charge < -0.3 is 9.42 Å². The highest BCUT2D eigenvalue weighted by Gasteiger charge is 2.34. The predicted molar refractivity (Wildman–Crippen MR) is 103 cm³/mol. The number of hydrogen-bond donors (Lipinski definition) is 0. The number of hydrogen-bond acceptors (Lipinski definition) is 4. The van der Waals surface area contributed by atoms with Crippen molar-refractivity contribution in [1.29, 1.82) is 0 Å². The average molecular weight is 361 g/mol. The molecule has 1 fully saturated rings. The van der Waals surface area contributed by atoms with Gasteiger partial charge in [0.05, 0.1) is 0 Å². The van der Waals surface area contributed by atoms with Gasteiger partial charge in [0.25, 0.3) is 5.91 Å². The second kappa shape index (κ2) is 6.99. The van der Waals surface area contributed by atoms with Crippen LogP contribution in [0, 0.1) is 20.8 Å². The lowest BCUT2D eigenvalue weighted by atomic mass is 10.1. The second-order valence-corrected chi connectivity index (χ2v) is 7.28. The van der Waals surface area contributed by atoms with Crippen LogP contribution < -0.4 is 0 Å². The molecule has 1 saturated heterocycles. The maximum Gasteiger partial charge on any atom is 0.254 e. The van der Waals surface area contributed by atoms with Crippen molar-refractivity contribution in [2.24, 2.45) is 0 Å². The first kappa shape index (κ1) is 17.5. The van der Waals surface area contributed by atoms with Crippen LogP contribution in [0.3, 0.4) is 0 Å². The van der Waals surface area contributed by atoms with Crippen molar-refractivity contribution >= 4 is 5.91 Å². The molecule has 2 aromatic carbocycles. The fourth-order valence-corrected chi connectivity index (χ4v) is 3.58. The second-order valence-electron chi connectivity index (χ2n) is 7.28. The summed E-state index contributed by atoms with van der Waals surface area (Å²) in [7, 11) is 0. The molecule has 5 nitrogen and oxygen atoms in total. The van der Waals surface area contributed by atoms with Gasteiger partial charge in [-0.1, -0.05) is 35.0 Å². The fraction of sp³-hybridized carbons (Fsp3) is 0.318. The molecule has 0 radical (unpaired) electrons. The van der Waals surface area contributed by atoms with Gasteiger partial charge in [0, 0.05) is 17.7 Å². The Morgan fingerprint density at radius 2 is 1.96 bits per heavy atom. The van der Waals surface area contributed by atoms with Crippen LogP contribution in [0.1, 0.15) is 51.8 Å². The Morgan fingerprint density at radius 1 is 1.11 bits per heavy atom. The van der Waals surface area contributed by atoms with Crippen LogP contribution in [-0.2, 0) is 0 Å². The Hall–Kier alpha value is -2.95. The molecule has 5 heteroatoms. The molecule has 1 aromatic heterocycles. The lowest BCUT2D eigenvalue weighted by Crippen LogP contribution is -2.30. The number of nitrogens with zero attached hydrogens (tertiary/aromatic N) is 3. The standard InChI is InChI=1S/C22H23N3O2/c1-14-6-4-7-17(12-14)20-23-21(27-24-20)19-8-5-11-25(19)22(26)18-10-9-15(2)16(3)13-18/h4,6-7,9-10,12-13,19H,5,8,11H2,1-3H3/t19-/m1/s1. The molecule has 0 spiro atoms. The highest BCUT2D eigenvalue weighted by Crippen LogP contribution is 2.33. The number of aryl methyl sites for hydroxylation is 3. The number of likely N-dealkylation sites (tertiary alicyclic amines) is 1. The molecule has 0 unspecified atom stereocenters. The van der Waals surface area contributed by atoms with Crippen LogP contribution in [0.25, 0.3) is 11.4 Å². The van der Waals surface area contributed by atoms with E-state index in [9.17, 15) is 4.79 Å². The van der Waals surface area contributed by atoms with Crippen LogP contribution >= 0.6 is 0 Å². The highest BCUT2D eigenvalue weighted by atomic mass is 16.5. The summed E-state index contributed by atoms with van der Waals surface area (Å²) in [6.45, 7) is 6.82. The molecule has 3 aromatic rings. The zero-order chi connectivity index (χ0) is 19.0. The third kappa shape index (κ3) is 3.37. The Morgan fingerprint density at radius 3 is 2.74 bits per heavy atom. The van der Waals surface area contributed by atoms with E-state index >= 15 is 0 Å². The van der Waals surface area contributed by atoms with Crippen molar-refractivity contribution in [2.45, 2.75) is 39.7 Å². The molecule has 0 saturated carbocycles. The highest BCUT2D eigenvalue weighted by molar-refractivity contribution is 5.95. The van der Waals surface area contributed by atoms with E-state index in [0.29, 0.717) is 23.8 Å². The Balaban J connectivity index is 1.60. The predicted octanol–water partition coefficient (Wildman–Crippen LogP) is 4.64. The van der Waals surface area contributed by atoms with Crippen LogP contribution in [0.2, 0.25) is 0 Å². The smallest absolute Gasteiger partial charge is 0.254 e. The van der Waals surface area contributed by atoms with Gasteiger partial charge in [0.1, 0.15) is 6.04 Å². The molecule has 1 atom stereocenters. The van der Waals surface area contributed by atoms with Crippen molar-refractivity contribution in [3.63, 3.8) is 0 Å². The summed E-state index contributed by atoms with van der Waals surface area (Å²) in [4.78, 5) is 19.5. The largest absolute Gasteiger partial charge is 0.337 e. The summed E-state index contributed by atoms with van der Waals surface area (Å²) >= 11 is 0. The van der Waals surface area contributed by atoms with Gasteiger partial charge in [-0.3, -0.25) is 4.79 Å².